The van der Waals surface area contributed by atoms with Crippen molar-refractivity contribution in [2.75, 3.05) is 13.7 Å². The summed E-state index contributed by atoms with van der Waals surface area (Å²) in [6.07, 6.45) is 3.13. The molecule has 1 aliphatic heterocycles. The van der Waals surface area contributed by atoms with Gasteiger partial charge in [0.15, 0.2) is 0 Å². The Morgan fingerprint density at radius 3 is 2.76 bits per heavy atom. The van der Waals surface area contributed by atoms with Gasteiger partial charge in [0.05, 0.1) is 23.1 Å². The number of non-ortho nitro benzene ring substituents is 1. The number of aromatic nitrogens is 1. The molecule has 1 saturated heterocycles. The Morgan fingerprint density at radius 1 is 1.12 bits per heavy atom. The fraction of sp³-hybridized carbons (Fsp3) is 0.231. The number of para-hydroxylation sites is 1. The largest absolute Gasteiger partial charge is 0.497 e. The normalized spacial score (nSPS) is 18.0. The molecule has 1 aliphatic rings. The van der Waals surface area contributed by atoms with Gasteiger partial charge in [-0.25, -0.2) is 5.32 Å². The quantitative estimate of drug-likeness (QED) is 0.258. The van der Waals surface area contributed by atoms with Gasteiger partial charge in [-0.1, -0.05) is 41.9 Å². The first-order chi connectivity index (χ1) is 16.0. The van der Waals surface area contributed by atoms with Gasteiger partial charge >= 0.3 is 0 Å². The van der Waals surface area contributed by atoms with Crippen LogP contribution in [-0.2, 0) is 6.54 Å². The minimum absolute atomic E-state index is 0.00631. The molecule has 2 atom stereocenters. The Labute approximate surface area is 196 Å². The maximum atomic E-state index is 11.1. The number of rotatable bonds is 6. The van der Waals surface area contributed by atoms with Crippen LogP contribution in [0.4, 0.5) is 5.69 Å². The highest BCUT2D eigenvalue weighted by molar-refractivity contribution is 6.31. The molecule has 0 aliphatic carbocycles. The van der Waals surface area contributed by atoms with Crippen LogP contribution in [0.25, 0.3) is 10.9 Å². The Bertz CT molecular complexity index is 1330. The van der Waals surface area contributed by atoms with E-state index in [9.17, 15) is 10.1 Å². The minimum Gasteiger partial charge on any atom is -0.497 e. The SMILES string of the molecule is COc1cccc(Cn2cc(C3CC[N]C3c3ccc([N+](=O)[O-])cc3Cl)c3ccccc32)c1. The second kappa shape index (κ2) is 8.89. The van der Waals surface area contributed by atoms with Gasteiger partial charge in [0.1, 0.15) is 5.75 Å². The molecule has 1 aromatic heterocycles. The molecule has 0 saturated carbocycles. The van der Waals surface area contributed by atoms with E-state index in [2.05, 4.69) is 47.2 Å². The molecule has 0 N–H and O–H groups in total. The molecule has 33 heavy (non-hydrogen) atoms. The second-order valence-corrected chi connectivity index (χ2v) is 8.70. The van der Waals surface area contributed by atoms with E-state index in [0.717, 1.165) is 41.9 Å². The van der Waals surface area contributed by atoms with Gasteiger partial charge in [0, 0.05) is 48.2 Å². The molecule has 1 radical (unpaired) electrons. The summed E-state index contributed by atoms with van der Waals surface area (Å²) in [7, 11) is 1.68. The van der Waals surface area contributed by atoms with Crippen LogP contribution in [0.3, 0.4) is 0 Å². The number of fused-ring (bicyclic) bond motifs is 1. The molecule has 2 heterocycles. The first kappa shape index (κ1) is 21.5. The number of nitro benzene ring substituents is 1. The average molecular weight is 461 g/mol. The standard InChI is InChI=1S/C26H23ClN3O3/c1-33-19-6-4-5-17(13-19)15-29-16-23(20-7-2-3-8-25(20)29)21-11-12-28-26(21)22-10-9-18(30(31)32)14-24(22)27/h2-10,13-14,16,21,26H,11-12,15H2,1H3. The Morgan fingerprint density at radius 2 is 1.97 bits per heavy atom. The number of nitro groups is 1. The van der Waals surface area contributed by atoms with Crippen molar-refractivity contribution in [2.24, 2.45) is 0 Å². The predicted molar refractivity (Wildman–Crippen MR) is 129 cm³/mol. The Balaban J connectivity index is 1.53. The molecule has 0 amide bonds. The van der Waals surface area contributed by atoms with E-state index >= 15 is 0 Å². The third-order valence-corrected chi connectivity index (χ3v) is 6.69. The lowest BCUT2D eigenvalue weighted by molar-refractivity contribution is -0.384. The number of hydrogen-bond acceptors (Lipinski definition) is 3. The van der Waals surface area contributed by atoms with E-state index in [1.165, 1.54) is 23.1 Å². The fourth-order valence-corrected chi connectivity index (χ4v) is 5.10. The number of hydrogen-bond donors (Lipinski definition) is 0. The summed E-state index contributed by atoms with van der Waals surface area (Å²) in [6, 6.07) is 21.1. The average Bonchev–Trinajstić information content (AvgIpc) is 3.44. The molecule has 2 unspecified atom stereocenters. The van der Waals surface area contributed by atoms with Gasteiger partial charge in [0.2, 0.25) is 0 Å². The highest BCUT2D eigenvalue weighted by Gasteiger charge is 2.34. The topological polar surface area (TPSA) is 71.4 Å². The fourth-order valence-electron chi connectivity index (χ4n) is 4.82. The summed E-state index contributed by atoms with van der Waals surface area (Å²) in [4.78, 5) is 10.7. The van der Waals surface area contributed by atoms with Crippen LogP contribution in [0.2, 0.25) is 5.02 Å². The van der Waals surface area contributed by atoms with Crippen molar-refractivity contribution in [2.45, 2.75) is 24.9 Å². The highest BCUT2D eigenvalue weighted by atomic mass is 35.5. The summed E-state index contributed by atoms with van der Waals surface area (Å²) < 4.78 is 7.66. The summed E-state index contributed by atoms with van der Waals surface area (Å²) in [6.45, 7) is 1.46. The lowest BCUT2D eigenvalue weighted by Gasteiger charge is -2.20. The van der Waals surface area contributed by atoms with Gasteiger partial charge in [-0.2, -0.15) is 0 Å². The van der Waals surface area contributed by atoms with Gasteiger partial charge < -0.3 is 9.30 Å². The van der Waals surface area contributed by atoms with Crippen molar-refractivity contribution in [3.8, 4) is 5.75 Å². The molecular weight excluding hydrogens is 438 g/mol. The van der Waals surface area contributed by atoms with E-state index in [1.807, 2.05) is 12.1 Å². The van der Waals surface area contributed by atoms with Gasteiger partial charge in [-0.05, 0) is 47.4 Å². The Kier molecular flexibility index (Phi) is 5.79. The highest BCUT2D eigenvalue weighted by Crippen LogP contribution is 2.44. The van der Waals surface area contributed by atoms with Crippen molar-refractivity contribution in [1.82, 2.24) is 9.88 Å². The van der Waals surface area contributed by atoms with E-state index in [1.54, 1.807) is 13.2 Å². The summed E-state index contributed by atoms with van der Waals surface area (Å²) in [5.74, 6) is 0.993. The van der Waals surface area contributed by atoms with Crippen LogP contribution in [0, 0.1) is 10.1 Å². The monoisotopic (exact) mass is 460 g/mol. The number of benzene rings is 3. The molecule has 5 rings (SSSR count). The molecule has 7 heteroatoms. The zero-order valence-electron chi connectivity index (χ0n) is 18.1. The van der Waals surface area contributed by atoms with E-state index in [4.69, 9.17) is 21.7 Å². The molecule has 167 valence electrons. The van der Waals surface area contributed by atoms with Crippen molar-refractivity contribution in [3.63, 3.8) is 0 Å². The van der Waals surface area contributed by atoms with Crippen LogP contribution < -0.4 is 10.1 Å². The maximum absolute atomic E-state index is 11.1. The predicted octanol–water partition coefficient (Wildman–Crippen LogP) is 6.09. The third-order valence-electron chi connectivity index (χ3n) is 6.37. The van der Waals surface area contributed by atoms with Crippen molar-refractivity contribution >= 4 is 28.2 Å². The molecule has 6 nitrogen and oxygen atoms in total. The first-order valence-corrected chi connectivity index (χ1v) is 11.2. The molecule has 0 bridgehead atoms. The maximum Gasteiger partial charge on any atom is 0.270 e. The number of ether oxygens (including phenoxy) is 1. The van der Waals surface area contributed by atoms with Crippen LogP contribution in [0.15, 0.2) is 72.9 Å². The first-order valence-electron chi connectivity index (χ1n) is 10.9. The molecular formula is C26H23ClN3O3. The summed E-state index contributed by atoms with van der Waals surface area (Å²) >= 11 is 6.48. The van der Waals surface area contributed by atoms with Crippen LogP contribution in [0.5, 0.6) is 5.75 Å². The van der Waals surface area contributed by atoms with Crippen molar-refractivity contribution < 1.29 is 9.66 Å². The third kappa shape index (κ3) is 4.08. The van der Waals surface area contributed by atoms with Crippen molar-refractivity contribution in [1.29, 1.82) is 0 Å². The van der Waals surface area contributed by atoms with Gasteiger partial charge in [-0.3, -0.25) is 10.1 Å². The second-order valence-electron chi connectivity index (χ2n) is 8.29. The van der Waals surface area contributed by atoms with Gasteiger partial charge in [0.25, 0.3) is 5.69 Å². The van der Waals surface area contributed by atoms with Crippen molar-refractivity contribution in [3.05, 3.63) is 105 Å². The Hall–Kier alpha value is -3.35. The lowest BCUT2D eigenvalue weighted by Crippen LogP contribution is -2.12. The minimum atomic E-state index is -0.425. The van der Waals surface area contributed by atoms with Crippen LogP contribution in [0.1, 0.15) is 35.1 Å². The van der Waals surface area contributed by atoms with Gasteiger partial charge in [-0.15, -0.1) is 0 Å². The van der Waals surface area contributed by atoms with E-state index < -0.39 is 4.92 Å². The van der Waals surface area contributed by atoms with Crippen LogP contribution >= 0.6 is 11.6 Å². The summed E-state index contributed by atoms with van der Waals surface area (Å²) in [5, 5.41) is 17.6. The molecule has 4 aromatic rings. The number of nitrogens with zero attached hydrogens (tertiary/aromatic N) is 3. The molecule has 0 spiro atoms. The summed E-state index contributed by atoms with van der Waals surface area (Å²) in [5.41, 5.74) is 4.39. The van der Waals surface area contributed by atoms with E-state index in [0.29, 0.717) is 5.02 Å². The zero-order valence-corrected chi connectivity index (χ0v) is 18.9. The smallest absolute Gasteiger partial charge is 0.270 e. The number of halogens is 1. The number of methoxy groups -OCH3 is 1. The zero-order chi connectivity index (χ0) is 22.9. The van der Waals surface area contributed by atoms with E-state index in [-0.39, 0.29) is 17.6 Å². The molecule has 1 fully saturated rings. The molecule has 3 aromatic carbocycles. The van der Waals surface area contributed by atoms with Crippen LogP contribution in [-0.4, -0.2) is 23.1 Å². The lowest BCUT2D eigenvalue weighted by atomic mass is 9.87.